The molecule has 0 fully saturated rings. The van der Waals surface area contributed by atoms with Gasteiger partial charge in [0.25, 0.3) is 5.91 Å². The summed E-state index contributed by atoms with van der Waals surface area (Å²) in [6.07, 6.45) is 0.442. The van der Waals surface area contributed by atoms with Crippen molar-refractivity contribution < 1.29 is 14.0 Å². The highest BCUT2D eigenvalue weighted by Crippen LogP contribution is 2.08. The van der Waals surface area contributed by atoms with Crippen molar-refractivity contribution >= 4 is 11.8 Å². The first-order valence-electron chi connectivity index (χ1n) is 8.32. The summed E-state index contributed by atoms with van der Waals surface area (Å²) in [5.41, 5.74) is 2.11. The average molecular weight is 342 g/mol. The third-order valence-corrected chi connectivity index (χ3v) is 4.11. The van der Waals surface area contributed by atoms with Gasteiger partial charge in [0.1, 0.15) is 5.82 Å². The lowest BCUT2D eigenvalue weighted by molar-refractivity contribution is -0.128. The van der Waals surface area contributed by atoms with Crippen LogP contribution in [0.15, 0.2) is 48.5 Å². The summed E-state index contributed by atoms with van der Waals surface area (Å²) in [5.74, 6) is -0.518. The number of carbonyl (C=O) groups is 2. The van der Waals surface area contributed by atoms with Crippen LogP contribution in [0.5, 0.6) is 0 Å². The second-order valence-electron chi connectivity index (χ2n) is 5.92. The Morgan fingerprint density at radius 3 is 2.40 bits per heavy atom. The Morgan fingerprint density at radius 1 is 1.04 bits per heavy atom. The van der Waals surface area contributed by atoms with Gasteiger partial charge in [-0.3, -0.25) is 9.59 Å². The van der Waals surface area contributed by atoms with Crippen LogP contribution in [0.25, 0.3) is 0 Å². The summed E-state index contributed by atoms with van der Waals surface area (Å²) >= 11 is 0. The normalized spacial score (nSPS) is 10.4. The first-order chi connectivity index (χ1) is 12.0. The third-order valence-electron chi connectivity index (χ3n) is 4.11. The quantitative estimate of drug-likeness (QED) is 0.841. The molecule has 2 aromatic carbocycles. The summed E-state index contributed by atoms with van der Waals surface area (Å²) in [7, 11) is 0. The molecule has 0 heterocycles. The second-order valence-corrected chi connectivity index (χ2v) is 5.92. The maximum absolute atomic E-state index is 13.7. The maximum Gasteiger partial charge on any atom is 0.251 e. The number of nitrogens with one attached hydrogen (secondary N) is 1. The zero-order valence-electron chi connectivity index (χ0n) is 14.6. The van der Waals surface area contributed by atoms with Gasteiger partial charge < -0.3 is 10.2 Å². The third kappa shape index (κ3) is 5.41. The Bertz CT molecular complexity index is 746. The average Bonchev–Trinajstić information content (AvgIpc) is 2.59. The second kappa shape index (κ2) is 8.97. The van der Waals surface area contributed by atoms with E-state index in [1.807, 2.05) is 25.1 Å². The highest BCUT2D eigenvalue weighted by Gasteiger charge is 2.12. The van der Waals surface area contributed by atoms with E-state index in [4.69, 9.17) is 0 Å². The van der Waals surface area contributed by atoms with Gasteiger partial charge in [0.15, 0.2) is 0 Å². The molecule has 2 aromatic rings. The molecular formula is C20H23FN2O2. The van der Waals surface area contributed by atoms with Gasteiger partial charge in [-0.05, 0) is 36.6 Å². The van der Waals surface area contributed by atoms with Crippen molar-refractivity contribution in [2.75, 3.05) is 19.6 Å². The predicted molar refractivity (Wildman–Crippen MR) is 95.9 cm³/mol. The standard InChI is InChI=1S/C20H23FN2O2/c1-15-7-3-5-9-18(15)20(25)22-12-14-23(16(2)24)13-11-17-8-4-6-10-19(17)21/h3-10H,11-14H2,1-2H3,(H,22,25). The van der Waals surface area contributed by atoms with Gasteiger partial charge in [0, 0.05) is 32.1 Å². The lowest BCUT2D eigenvalue weighted by Crippen LogP contribution is -2.38. The summed E-state index contributed by atoms with van der Waals surface area (Å²) in [6, 6.07) is 13.9. The van der Waals surface area contributed by atoms with Gasteiger partial charge in [-0.2, -0.15) is 0 Å². The Balaban J connectivity index is 1.86. The number of aryl methyl sites for hydroxylation is 1. The summed E-state index contributed by atoms with van der Waals surface area (Å²) in [4.78, 5) is 25.6. The van der Waals surface area contributed by atoms with E-state index in [2.05, 4.69) is 5.32 Å². The monoisotopic (exact) mass is 342 g/mol. The maximum atomic E-state index is 13.7. The molecule has 1 N–H and O–H groups in total. The molecule has 0 bridgehead atoms. The van der Waals surface area contributed by atoms with Crippen molar-refractivity contribution in [1.82, 2.24) is 10.2 Å². The van der Waals surface area contributed by atoms with Gasteiger partial charge >= 0.3 is 0 Å². The molecule has 0 unspecified atom stereocenters. The van der Waals surface area contributed by atoms with Gasteiger partial charge in [-0.1, -0.05) is 36.4 Å². The van der Waals surface area contributed by atoms with Crippen molar-refractivity contribution in [3.8, 4) is 0 Å². The van der Waals surface area contributed by atoms with Crippen molar-refractivity contribution in [2.45, 2.75) is 20.3 Å². The number of hydrogen-bond acceptors (Lipinski definition) is 2. The molecule has 0 spiro atoms. The SMILES string of the molecule is CC(=O)N(CCNC(=O)c1ccccc1C)CCc1ccccc1F. The zero-order valence-corrected chi connectivity index (χ0v) is 14.6. The molecule has 0 saturated carbocycles. The molecule has 25 heavy (non-hydrogen) atoms. The summed E-state index contributed by atoms with van der Waals surface area (Å²) < 4.78 is 13.7. The van der Waals surface area contributed by atoms with Crippen LogP contribution in [-0.4, -0.2) is 36.3 Å². The number of carbonyl (C=O) groups excluding carboxylic acids is 2. The lowest BCUT2D eigenvalue weighted by Gasteiger charge is -2.21. The van der Waals surface area contributed by atoms with E-state index < -0.39 is 0 Å². The number of benzene rings is 2. The van der Waals surface area contributed by atoms with Crippen LogP contribution in [0.1, 0.15) is 28.4 Å². The van der Waals surface area contributed by atoms with E-state index in [9.17, 15) is 14.0 Å². The van der Waals surface area contributed by atoms with E-state index in [1.54, 1.807) is 29.2 Å². The molecular weight excluding hydrogens is 319 g/mol. The first kappa shape index (κ1) is 18.6. The highest BCUT2D eigenvalue weighted by atomic mass is 19.1. The molecule has 0 aliphatic carbocycles. The minimum Gasteiger partial charge on any atom is -0.350 e. The van der Waals surface area contributed by atoms with Gasteiger partial charge in [-0.25, -0.2) is 4.39 Å². The van der Waals surface area contributed by atoms with E-state index in [0.717, 1.165) is 5.56 Å². The molecule has 132 valence electrons. The molecule has 0 aliphatic heterocycles. The Kier molecular flexibility index (Phi) is 6.69. The van der Waals surface area contributed by atoms with Gasteiger partial charge in [0.05, 0.1) is 0 Å². The van der Waals surface area contributed by atoms with E-state index in [-0.39, 0.29) is 17.6 Å². The largest absolute Gasteiger partial charge is 0.350 e. The van der Waals surface area contributed by atoms with Gasteiger partial charge in [0.2, 0.25) is 5.91 Å². The van der Waals surface area contributed by atoms with Crippen molar-refractivity contribution in [3.05, 3.63) is 71.0 Å². The molecule has 2 amide bonds. The van der Waals surface area contributed by atoms with Crippen LogP contribution in [0.4, 0.5) is 4.39 Å². The Hall–Kier alpha value is -2.69. The molecule has 5 heteroatoms. The topological polar surface area (TPSA) is 49.4 Å². The smallest absolute Gasteiger partial charge is 0.251 e. The number of hydrogen-bond donors (Lipinski definition) is 1. The van der Waals surface area contributed by atoms with E-state index in [1.165, 1.54) is 13.0 Å². The van der Waals surface area contributed by atoms with Crippen molar-refractivity contribution in [1.29, 1.82) is 0 Å². The van der Waals surface area contributed by atoms with Crippen LogP contribution in [0.3, 0.4) is 0 Å². The molecule has 0 radical (unpaired) electrons. The molecule has 4 nitrogen and oxygen atoms in total. The summed E-state index contributed by atoms with van der Waals surface area (Å²) in [6.45, 7) is 4.51. The fourth-order valence-corrected chi connectivity index (χ4v) is 2.61. The van der Waals surface area contributed by atoms with Crippen molar-refractivity contribution in [2.24, 2.45) is 0 Å². The lowest BCUT2D eigenvalue weighted by atomic mass is 10.1. The summed E-state index contributed by atoms with van der Waals surface area (Å²) in [5, 5.41) is 2.83. The Morgan fingerprint density at radius 2 is 1.72 bits per heavy atom. The molecule has 2 rings (SSSR count). The fraction of sp³-hybridized carbons (Fsp3) is 0.300. The van der Waals surface area contributed by atoms with Crippen molar-refractivity contribution in [3.63, 3.8) is 0 Å². The Labute approximate surface area is 147 Å². The molecule has 0 saturated heterocycles. The fourth-order valence-electron chi connectivity index (χ4n) is 2.61. The van der Waals surface area contributed by atoms with Gasteiger partial charge in [-0.15, -0.1) is 0 Å². The van der Waals surface area contributed by atoms with Crippen LogP contribution in [0.2, 0.25) is 0 Å². The van der Waals surface area contributed by atoms with E-state index >= 15 is 0 Å². The zero-order chi connectivity index (χ0) is 18.2. The van der Waals surface area contributed by atoms with Crippen LogP contribution < -0.4 is 5.32 Å². The number of rotatable bonds is 7. The number of nitrogens with zero attached hydrogens (tertiary/aromatic N) is 1. The molecule has 0 aliphatic rings. The predicted octanol–water partition coefficient (Wildman–Crippen LogP) is 2.96. The van der Waals surface area contributed by atoms with Crippen LogP contribution in [0, 0.1) is 12.7 Å². The molecule has 0 atom stereocenters. The van der Waals surface area contributed by atoms with E-state index in [0.29, 0.717) is 37.2 Å². The minimum atomic E-state index is -0.265. The van der Waals surface area contributed by atoms with Crippen LogP contribution in [-0.2, 0) is 11.2 Å². The molecule has 0 aromatic heterocycles. The number of halogens is 1. The minimum absolute atomic E-state index is 0.0959. The van der Waals surface area contributed by atoms with Crippen LogP contribution >= 0.6 is 0 Å². The first-order valence-corrected chi connectivity index (χ1v) is 8.32. The number of amides is 2. The highest BCUT2D eigenvalue weighted by molar-refractivity contribution is 5.95.